The maximum Gasteiger partial charge on any atom is 0.265 e. The minimum absolute atomic E-state index is 0.208. The molecule has 0 aliphatic rings. The van der Waals surface area contributed by atoms with Crippen molar-refractivity contribution in [3.8, 4) is 11.8 Å². The van der Waals surface area contributed by atoms with E-state index < -0.39 is 0 Å². The molecule has 0 bridgehead atoms. The van der Waals surface area contributed by atoms with Gasteiger partial charge in [-0.25, -0.2) is 0 Å². The van der Waals surface area contributed by atoms with Gasteiger partial charge in [-0.15, -0.1) is 11.3 Å². The lowest BCUT2D eigenvalue weighted by Gasteiger charge is -2.04. The quantitative estimate of drug-likeness (QED) is 0.828. The number of carbonyl (C=O) groups is 1. The monoisotopic (exact) mass is 325 g/mol. The predicted molar refractivity (Wildman–Crippen MR) is 82.7 cm³/mol. The van der Waals surface area contributed by atoms with Gasteiger partial charge < -0.3 is 10.4 Å². The fourth-order valence-electron chi connectivity index (χ4n) is 1.47. The lowest BCUT2D eigenvalue weighted by molar-refractivity contribution is 0.103. The number of hydrogen-bond donors (Lipinski definition) is 2. The van der Waals surface area contributed by atoms with Gasteiger partial charge in [0.1, 0.15) is 6.61 Å². The molecular formula is C14H9Cl2NO2S. The molecule has 3 nitrogen and oxygen atoms in total. The Kier molecular flexibility index (Phi) is 5.05. The van der Waals surface area contributed by atoms with Crippen molar-refractivity contribution in [3.63, 3.8) is 0 Å². The van der Waals surface area contributed by atoms with Crippen molar-refractivity contribution in [2.24, 2.45) is 0 Å². The van der Waals surface area contributed by atoms with Gasteiger partial charge in [0.15, 0.2) is 0 Å². The van der Waals surface area contributed by atoms with Gasteiger partial charge in [-0.05, 0) is 30.3 Å². The molecule has 6 heteroatoms. The second-order valence-corrected chi connectivity index (χ2v) is 5.69. The summed E-state index contributed by atoms with van der Waals surface area (Å²) in [6, 6.07) is 8.23. The predicted octanol–water partition coefficient (Wildman–Crippen LogP) is 3.65. The van der Waals surface area contributed by atoms with Crippen LogP contribution < -0.4 is 5.32 Å². The van der Waals surface area contributed by atoms with E-state index in [1.54, 1.807) is 30.3 Å². The summed E-state index contributed by atoms with van der Waals surface area (Å²) in [5, 5.41) is 12.2. The SMILES string of the molecule is O=C(Nc1cc(Cl)cc(Cl)c1)c1ccc(C#CCO)s1. The molecule has 0 atom stereocenters. The molecule has 0 spiro atoms. The molecule has 0 radical (unpaired) electrons. The number of hydrogen-bond acceptors (Lipinski definition) is 3. The fraction of sp³-hybridized carbons (Fsp3) is 0.0714. The van der Waals surface area contributed by atoms with E-state index in [9.17, 15) is 4.79 Å². The van der Waals surface area contributed by atoms with Gasteiger partial charge in [0.2, 0.25) is 0 Å². The maximum absolute atomic E-state index is 12.0. The summed E-state index contributed by atoms with van der Waals surface area (Å²) in [6.07, 6.45) is 0. The van der Waals surface area contributed by atoms with Gasteiger partial charge in [-0.2, -0.15) is 0 Å². The molecule has 0 aliphatic heterocycles. The number of nitrogens with one attached hydrogen (secondary N) is 1. The Morgan fingerprint density at radius 1 is 1.25 bits per heavy atom. The lowest BCUT2D eigenvalue weighted by atomic mass is 10.3. The Morgan fingerprint density at radius 2 is 1.95 bits per heavy atom. The van der Waals surface area contributed by atoms with Crippen molar-refractivity contribution in [1.82, 2.24) is 0 Å². The molecule has 102 valence electrons. The van der Waals surface area contributed by atoms with Crippen LogP contribution in [0.4, 0.5) is 5.69 Å². The van der Waals surface area contributed by atoms with E-state index >= 15 is 0 Å². The fourth-order valence-corrected chi connectivity index (χ4v) is 2.77. The molecule has 2 N–H and O–H groups in total. The number of carbonyl (C=O) groups excluding carboxylic acids is 1. The van der Waals surface area contributed by atoms with Gasteiger partial charge in [-0.3, -0.25) is 4.79 Å². The summed E-state index contributed by atoms with van der Waals surface area (Å²) in [6.45, 7) is -0.208. The van der Waals surface area contributed by atoms with E-state index in [4.69, 9.17) is 28.3 Å². The number of thiophene rings is 1. The molecule has 1 aromatic carbocycles. The van der Waals surface area contributed by atoms with Crippen LogP contribution in [-0.4, -0.2) is 17.6 Å². The molecule has 20 heavy (non-hydrogen) atoms. The Labute approximate surface area is 130 Å². The second-order valence-electron chi connectivity index (χ2n) is 3.74. The van der Waals surface area contributed by atoms with Crippen molar-refractivity contribution in [3.05, 3.63) is 50.1 Å². The zero-order valence-corrected chi connectivity index (χ0v) is 12.4. The summed E-state index contributed by atoms with van der Waals surface area (Å²) in [7, 11) is 0. The molecule has 0 unspecified atom stereocenters. The number of anilines is 1. The highest BCUT2D eigenvalue weighted by molar-refractivity contribution is 7.14. The molecule has 1 heterocycles. The van der Waals surface area contributed by atoms with E-state index in [2.05, 4.69) is 17.2 Å². The number of rotatable bonds is 2. The van der Waals surface area contributed by atoms with Gasteiger partial charge in [-0.1, -0.05) is 35.0 Å². The summed E-state index contributed by atoms with van der Waals surface area (Å²) < 4.78 is 0. The van der Waals surface area contributed by atoms with E-state index in [-0.39, 0.29) is 12.5 Å². The minimum atomic E-state index is -0.259. The van der Waals surface area contributed by atoms with Crippen LogP contribution in [0.25, 0.3) is 0 Å². The maximum atomic E-state index is 12.0. The van der Waals surface area contributed by atoms with Crippen LogP contribution in [0.1, 0.15) is 14.5 Å². The molecule has 2 rings (SSSR count). The molecule has 0 saturated heterocycles. The third kappa shape index (κ3) is 3.99. The first kappa shape index (κ1) is 14.9. The molecule has 0 aliphatic carbocycles. The Bertz CT molecular complexity index is 680. The van der Waals surface area contributed by atoms with E-state index in [1.165, 1.54) is 11.3 Å². The van der Waals surface area contributed by atoms with E-state index in [1.807, 2.05) is 0 Å². The van der Waals surface area contributed by atoms with Crippen LogP contribution in [0.15, 0.2) is 30.3 Å². The summed E-state index contributed by atoms with van der Waals surface area (Å²) in [4.78, 5) is 13.3. The van der Waals surface area contributed by atoms with Crippen LogP contribution >= 0.6 is 34.5 Å². The third-order valence-corrected chi connectivity index (χ3v) is 3.68. The molecule has 1 amide bonds. The second kappa shape index (κ2) is 6.78. The van der Waals surface area contributed by atoms with Crippen LogP contribution in [0.2, 0.25) is 10.0 Å². The zero-order valence-electron chi connectivity index (χ0n) is 10.1. The smallest absolute Gasteiger partial charge is 0.265 e. The number of amides is 1. The van der Waals surface area contributed by atoms with Crippen molar-refractivity contribution in [2.45, 2.75) is 0 Å². The van der Waals surface area contributed by atoms with E-state index in [0.29, 0.717) is 25.5 Å². The van der Waals surface area contributed by atoms with Gasteiger partial charge in [0, 0.05) is 15.7 Å². The average molecular weight is 326 g/mol. The average Bonchev–Trinajstić information content (AvgIpc) is 2.83. The summed E-state index contributed by atoms with van der Waals surface area (Å²) >= 11 is 13.0. The standard InChI is InChI=1S/C14H9Cl2NO2S/c15-9-6-10(16)8-11(7-9)17-14(19)13-4-3-12(20-13)2-1-5-18/h3-4,6-8,18H,5H2,(H,17,19). The van der Waals surface area contributed by atoms with Gasteiger partial charge >= 0.3 is 0 Å². The lowest BCUT2D eigenvalue weighted by Crippen LogP contribution is -2.09. The van der Waals surface area contributed by atoms with Crippen molar-refractivity contribution < 1.29 is 9.90 Å². The van der Waals surface area contributed by atoms with Crippen molar-refractivity contribution in [2.75, 3.05) is 11.9 Å². The van der Waals surface area contributed by atoms with Crippen LogP contribution in [-0.2, 0) is 0 Å². The Morgan fingerprint density at radius 3 is 2.60 bits per heavy atom. The first-order valence-electron chi connectivity index (χ1n) is 5.55. The Balaban J connectivity index is 2.13. The summed E-state index contributed by atoms with van der Waals surface area (Å²) in [5.74, 6) is 5.02. The number of halogens is 2. The highest BCUT2D eigenvalue weighted by atomic mass is 35.5. The zero-order chi connectivity index (χ0) is 14.5. The number of aliphatic hydroxyl groups is 1. The normalized spacial score (nSPS) is 9.75. The number of benzene rings is 1. The highest BCUT2D eigenvalue weighted by Gasteiger charge is 2.09. The molecule has 2 aromatic rings. The third-order valence-electron chi connectivity index (χ3n) is 2.24. The first-order chi connectivity index (χ1) is 9.58. The Hall–Kier alpha value is -1.51. The van der Waals surface area contributed by atoms with Gasteiger partial charge in [0.25, 0.3) is 5.91 Å². The topological polar surface area (TPSA) is 49.3 Å². The molecule has 0 saturated carbocycles. The summed E-state index contributed by atoms with van der Waals surface area (Å²) in [5.41, 5.74) is 0.531. The molecule has 1 aromatic heterocycles. The molecular weight excluding hydrogens is 317 g/mol. The van der Waals surface area contributed by atoms with Gasteiger partial charge in [0.05, 0.1) is 9.75 Å². The number of aliphatic hydroxyl groups excluding tert-OH is 1. The first-order valence-corrected chi connectivity index (χ1v) is 7.13. The molecule has 0 fully saturated rings. The van der Waals surface area contributed by atoms with Crippen LogP contribution in [0.5, 0.6) is 0 Å². The largest absolute Gasteiger partial charge is 0.384 e. The van der Waals surface area contributed by atoms with Crippen LogP contribution in [0.3, 0.4) is 0 Å². The van der Waals surface area contributed by atoms with Crippen LogP contribution in [0, 0.1) is 11.8 Å². The van der Waals surface area contributed by atoms with E-state index in [0.717, 1.165) is 0 Å². The minimum Gasteiger partial charge on any atom is -0.384 e. The highest BCUT2D eigenvalue weighted by Crippen LogP contribution is 2.24. The van der Waals surface area contributed by atoms with Crippen molar-refractivity contribution >= 4 is 46.1 Å². The van der Waals surface area contributed by atoms with Crippen molar-refractivity contribution in [1.29, 1.82) is 0 Å².